The molecule has 0 aromatic heterocycles. The predicted molar refractivity (Wildman–Crippen MR) is 95.5 cm³/mol. The van der Waals surface area contributed by atoms with Crippen LogP contribution in [0.5, 0.6) is 0 Å². The Bertz CT molecular complexity index is 539. The Kier molecular flexibility index (Phi) is 6.75. The lowest BCUT2D eigenvalue weighted by atomic mass is 10.0. The number of likely N-dealkylation sites (tertiary alicyclic amines) is 1. The van der Waals surface area contributed by atoms with Crippen molar-refractivity contribution < 1.29 is 9.59 Å². The number of carbonyl (C=O) groups excluding carboxylic acids is 2. The molecule has 1 atom stereocenters. The molecule has 0 unspecified atom stereocenters. The van der Waals surface area contributed by atoms with E-state index in [0.717, 1.165) is 31.6 Å². The largest absolute Gasteiger partial charge is 0.352 e. The lowest BCUT2D eigenvalue weighted by molar-refractivity contribution is -0.124. The molecule has 1 aromatic carbocycles. The van der Waals surface area contributed by atoms with Crippen LogP contribution in [0.15, 0.2) is 30.3 Å². The zero-order valence-electron chi connectivity index (χ0n) is 14.5. The fourth-order valence-corrected chi connectivity index (χ4v) is 2.76. The molecule has 6 nitrogen and oxygen atoms in total. The molecule has 1 aliphatic rings. The molecule has 0 spiro atoms. The predicted octanol–water partition coefficient (Wildman–Crippen LogP) is 1.19. The lowest BCUT2D eigenvalue weighted by Gasteiger charge is -2.32. The van der Waals surface area contributed by atoms with E-state index in [2.05, 4.69) is 15.5 Å². The van der Waals surface area contributed by atoms with Gasteiger partial charge in [-0.25, -0.2) is 0 Å². The quantitative estimate of drug-likeness (QED) is 0.730. The molecule has 24 heavy (non-hydrogen) atoms. The van der Waals surface area contributed by atoms with Gasteiger partial charge < -0.3 is 16.4 Å². The van der Waals surface area contributed by atoms with Crippen molar-refractivity contribution in [2.75, 3.05) is 25.0 Å². The normalized spacial score (nSPS) is 17.5. The monoisotopic (exact) mass is 332 g/mol. The molecule has 132 valence electrons. The topological polar surface area (TPSA) is 87.5 Å². The first-order valence-electron chi connectivity index (χ1n) is 8.59. The Labute approximate surface area is 143 Å². The summed E-state index contributed by atoms with van der Waals surface area (Å²) in [5.74, 6) is 0.0440. The average Bonchev–Trinajstić information content (AvgIpc) is 2.56. The van der Waals surface area contributed by atoms with E-state index < -0.39 is 6.04 Å². The van der Waals surface area contributed by atoms with Gasteiger partial charge in [0.15, 0.2) is 0 Å². The van der Waals surface area contributed by atoms with Gasteiger partial charge >= 0.3 is 0 Å². The number of nitrogens with one attached hydrogen (secondary N) is 2. The maximum Gasteiger partial charge on any atom is 0.238 e. The third kappa shape index (κ3) is 5.62. The van der Waals surface area contributed by atoms with Crippen LogP contribution < -0.4 is 16.4 Å². The maximum absolute atomic E-state index is 12.1. The van der Waals surface area contributed by atoms with Gasteiger partial charge in [-0.15, -0.1) is 0 Å². The number of rotatable bonds is 6. The first-order chi connectivity index (χ1) is 11.5. The summed E-state index contributed by atoms with van der Waals surface area (Å²) in [4.78, 5) is 26.2. The first-order valence-corrected chi connectivity index (χ1v) is 8.59. The smallest absolute Gasteiger partial charge is 0.238 e. The minimum atomic E-state index is -0.459. The second-order valence-corrected chi connectivity index (χ2v) is 6.74. The summed E-state index contributed by atoms with van der Waals surface area (Å²) in [6, 6.07) is 9.14. The minimum Gasteiger partial charge on any atom is -0.352 e. The molecule has 0 radical (unpaired) electrons. The summed E-state index contributed by atoms with van der Waals surface area (Å²) in [6.07, 6.45) is 1.68. The van der Waals surface area contributed by atoms with Gasteiger partial charge in [0.25, 0.3) is 0 Å². The molecule has 1 heterocycles. The van der Waals surface area contributed by atoms with Crippen molar-refractivity contribution in [2.45, 2.75) is 38.8 Å². The van der Waals surface area contributed by atoms with Crippen LogP contribution in [0.3, 0.4) is 0 Å². The van der Waals surface area contributed by atoms with Crippen molar-refractivity contribution in [3.05, 3.63) is 30.3 Å². The number of amides is 2. The second kappa shape index (κ2) is 8.80. The summed E-state index contributed by atoms with van der Waals surface area (Å²) in [5, 5.41) is 5.92. The molecule has 0 saturated carbocycles. The van der Waals surface area contributed by atoms with Crippen molar-refractivity contribution in [2.24, 2.45) is 11.7 Å². The zero-order valence-corrected chi connectivity index (χ0v) is 14.5. The highest BCUT2D eigenvalue weighted by Gasteiger charge is 2.25. The summed E-state index contributed by atoms with van der Waals surface area (Å²) >= 11 is 0. The Morgan fingerprint density at radius 2 is 1.83 bits per heavy atom. The fourth-order valence-electron chi connectivity index (χ4n) is 2.76. The third-order valence-electron chi connectivity index (χ3n) is 4.38. The van der Waals surface area contributed by atoms with Crippen molar-refractivity contribution >= 4 is 17.5 Å². The van der Waals surface area contributed by atoms with Gasteiger partial charge in [0.2, 0.25) is 11.8 Å². The Hall–Kier alpha value is -1.92. The summed E-state index contributed by atoms with van der Waals surface area (Å²) in [6.45, 7) is 5.85. The van der Waals surface area contributed by atoms with E-state index in [-0.39, 0.29) is 23.8 Å². The Balaban J connectivity index is 1.71. The van der Waals surface area contributed by atoms with Gasteiger partial charge in [-0.3, -0.25) is 14.5 Å². The van der Waals surface area contributed by atoms with E-state index in [4.69, 9.17) is 5.73 Å². The number of nitrogens with zero attached hydrogens (tertiary/aromatic N) is 1. The number of piperidine rings is 1. The van der Waals surface area contributed by atoms with Gasteiger partial charge in [0.1, 0.15) is 0 Å². The zero-order chi connectivity index (χ0) is 17.5. The van der Waals surface area contributed by atoms with E-state index in [1.165, 1.54) is 0 Å². The molecule has 4 N–H and O–H groups in total. The number of para-hydroxylation sites is 1. The molecule has 2 rings (SSSR count). The van der Waals surface area contributed by atoms with Crippen LogP contribution >= 0.6 is 0 Å². The van der Waals surface area contributed by atoms with Crippen LogP contribution in [0.25, 0.3) is 0 Å². The molecule has 1 fully saturated rings. The number of nitrogens with two attached hydrogens (primary N) is 1. The summed E-state index contributed by atoms with van der Waals surface area (Å²) in [5.41, 5.74) is 6.68. The van der Waals surface area contributed by atoms with E-state index in [1.807, 2.05) is 44.2 Å². The lowest BCUT2D eigenvalue weighted by Crippen LogP contribution is -2.51. The Morgan fingerprint density at radius 3 is 2.42 bits per heavy atom. The molecular weight excluding hydrogens is 304 g/mol. The number of benzene rings is 1. The van der Waals surface area contributed by atoms with Crippen LogP contribution in [-0.4, -0.2) is 48.4 Å². The average molecular weight is 332 g/mol. The van der Waals surface area contributed by atoms with Crippen LogP contribution in [0.2, 0.25) is 0 Å². The first kappa shape index (κ1) is 18.4. The maximum atomic E-state index is 12.1. The van der Waals surface area contributed by atoms with E-state index >= 15 is 0 Å². The molecule has 6 heteroatoms. The summed E-state index contributed by atoms with van der Waals surface area (Å²) in [7, 11) is 0. The van der Waals surface area contributed by atoms with Gasteiger partial charge in [-0.2, -0.15) is 0 Å². The standard InChI is InChI=1S/C18H28N4O2/c1-13(2)17(19)18(24)21-15-8-10-22(11-9-15)12-16(23)20-14-6-4-3-5-7-14/h3-7,13,15,17H,8-12,19H2,1-2H3,(H,20,23)(H,21,24)/t17-/m0/s1. The van der Waals surface area contributed by atoms with Gasteiger partial charge in [-0.1, -0.05) is 32.0 Å². The highest BCUT2D eigenvalue weighted by Crippen LogP contribution is 2.12. The van der Waals surface area contributed by atoms with Gasteiger partial charge in [0.05, 0.1) is 12.6 Å². The molecule has 1 aliphatic heterocycles. The molecular formula is C18H28N4O2. The van der Waals surface area contributed by atoms with Crippen molar-refractivity contribution in [1.29, 1.82) is 0 Å². The van der Waals surface area contributed by atoms with Crippen molar-refractivity contribution in [3.8, 4) is 0 Å². The molecule has 0 bridgehead atoms. The molecule has 1 saturated heterocycles. The highest BCUT2D eigenvalue weighted by atomic mass is 16.2. The van der Waals surface area contributed by atoms with Gasteiger partial charge in [-0.05, 0) is 30.9 Å². The second-order valence-electron chi connectivity index (χ2n) is 6.74. The third-order valence-corrected chi connectivity index (χ3v) is 4.38. The van der Waals surface area contributed by atoms with Crippen LogP contribution in [0.4, 0.5) is 5.69 Å². The number of anilines is 1. The fraction of sp³-hybridized carbons (Fsp3) is 0.556. The van der Waals surface area contributed by atoms with E-state index in [9.17, 15) is 9.59 Å². The number of carbonyl (C=O) groups is 2. The highest BCUT2D eigenvalue weighted by molar-refractivity contribution is 5.92. The minimum absolute atomic E-state index is 0.00878. The van der Waals surface area contributed by atoms with Crippen molar-refractivity contribution in [3.63, 3.8) is 0 Å². The van der Waals surface area contributed by atoms with Crippen LogP contribution in [-0.2, 0) is 9.59 Å². The van der Waals surface area contributed by atoms with Crippen LogP contribution in [0.1, 0.15) is 26.7 Å². The number of hydrogen-bond donors (Lipinski definition) is 3. The number of hydrogen-bond acceptors (Lipinski definition) is 4. The molecule has 2 amide bonds. The SMILES string of the molecule is CC(C)[C@H](N)C(=O)NC1CCN(CC(=O)Nc2ccccc2)CC1. The van der Waals surface area contributed by atoms with E-state index in [1.54, 1.807) is 0 Å². The van der Waals surface area contributed by atoms with Gasteiger partial charge in [0, 0.05) is 24.8 Å². The van der Waals surface area contributed by atoms with E-state index in [0.29, 0.717) is 6.54 Å². The molecule has 1 aromatic rings. The van der Waals surface area contributed by atoms with Crippen LogP contribution in [0, 0.1) is 5.92 Å². The molecule has 0 aliphatic carbocycles. The Morgan fingerprint density at radius 1 is 1.21 bits per heavy atom. The van der Waals surface area contributed by atoms with Crippen molar-refractivity contribution in [1.82, 2.24) is 10.2 Å². The summed E-state index contributed by atoms with van der Waals surface area (Å²) < 4.78 is 0.